The predicted molar refractivity (Wildman–Crippen MR) is 46.4 cm³/mol. The quantitative estimate of drug-likeness (QED) is 0.548. The van der Waals surface area contributed by atoms with E-state index in [-0.39, 0.29) is 0 Å². The largest absolute Gasteiger partial charge is 0.298 e. The Kier molecular flexibility index (Phi) is 1.90. The van der Waals surface area contributed by atoms with Crippen LogP contribution in [0.2, 0.25) is 0 Å². The first-order chi connectivity index (χ1) is 5.31. The highest BCUT2D eigenvalue weighted by atomic mass is 15.3. The van der Waals surface area contributed by atoms with Crippen molar-refractivity contribution in [3.05, 3.63) is 0 Å². The number of hydrogen-bond acceptors (Lipinski definition) is 2. The van der Waals surface area contributed by atoms with Crippen molar-refractivity contribution in [3.8, 4) is 0 Å². The molecule has 1 aliphatic heterocycles. The molecule has 0 aromatic rings. The first-order valence-electron chi connectivity index (χ1n) is 4.83. The summed E-state index contributed by atoms with van der Waals surface area (Å²) in [6, 6.07) is 0.674. The first kappa shape index (κ1) is 7.56. The zero-order valence-corrected chi connectivity index (χ0v) is 7.32. The van der Waals surface area contributed by atoms with Crippen LogP contribution < -0.4 is 10.6 Å². The first-order valence-corrected chi connectivity index (χ1v) is 4.83. The number of hydrogen-bond donors (Lipinski definition) is 2. The van der Waals surface area contributed by atoms with Crippen molar-refractivity contribution in [2.75, 3.05) is 6.54 Å². The highest BCUT2D eigenvalue weighted by molar-refractivity contribution is 4.96. The SMILES string of the molecule is CC1CNC2(CCCCC2)N1. The van der Waals surface area contributed by atoms with E-state index in [1.165, 1.54) is 32.1 Å². The van der Waals surface area contributed by atoms with Crippen molar-refractivity contribution in [3.63, 3.8) is 0 Å². The summed E-state index contributed by atoms with van der Waals surface area (Å²) in [7, 11) is 0. The lowest BCUT2D eigenvalue weighted by atomic mass is 9.90. The van der Waals surface area contributed by atoms with E-state index in [4.69, 9.17) is 0 Å². The molecule has 2 fully saturated rings. The van der Waals surface area contributed by atoms with Crippen molar-refractivity contribution < 1.29 is 0 Å². The van der Waals surface area contributed by atoms with Gasteiger partial charge in [-0.3, -0.25) is 10.6 Å². The molecule has 2 nitrogen and oxygen atoms in total. The molecule has 64 valence electrons. The van der Waals surface area contributed by atoms with E-state index in [0.717, 1.165) is 6.54 Å². The summed E-state index contributed by atoms with van der Waals surface area (Å²) in [5.74, 6) is 0. The molecular weight excluding hydrogens is 136 g/mol. The van der Waals surface area contributed by atoms with Gasteiger partial charge in [0.05, 0.1) is 5.66 Å². The molecule has 2 rings (SSSR count). The van der Waals surface area contributed by atoms with E-state index < -0.39 is 0 Å². The molecule has 1 aliphatic carbocycles. The fourth-order valence-electron chi connectivity index (χ4n) is 2.40. The normalized spacial score (nSPS) is 36.3. The predicted octanol–water partition coefficient (Wildman–Crippen LogP) is 1.23. The summed E-state index contributed by atoms with van der Waals surface area (Å²) in [6.07, 6.45) is 6.88. The van der Waals surface area contributed by atoms with E-state index in [1.54, 1.807) is 0 Å². The van der Waals surface area contributed by atoms with E-state index in [1.807, 2.05) is 0 Å². The van der Waals surface area contributed by atoms with Gasteiger partial charge in [0.15, 0.2) is 0 Å². The lowest BCUT2D eigenvalue weighted by molar-refractivity contribution is 0.228. The third kappa shape index (κ3) is 1.42. The average Bonchev–Trinajstić information content (AvgIpc) is 2.34. The molecule has 2 aliphatic rings. The number of rotatable bonds is 0. The minimum absolute atomic E-state index is 0.345. The van der Waals surface area contributed by atoms with Gasteiger partial charge in [-0.2, -0.15) is 0 Å². The Balaban J connectivity index is 1.98. The highest BCUT2D eigenvalue weighted by Crippen LogP contribution is 2.28. The summed E-state index contributed by atoms with van der Waals surface area (Å²) in [4.78, 5) is 0. The van der Waals surface area contributed by atoms with Gasteiger partial charge in [-0.05, 0) is 19.8 Å². The molecule has 11 heavy (non-hydrogen) atoms. The van der Waals surface area contributed by atoms with Crippen LogP contribution in [0.15, 0.2) is 0 Å². The molecule has 1 saturated carbocycles. The van der Waals surface area contributed by atoms with Crippen LogP contribution in [-0.4, -0.2) is 18.2 Å². The van der Waals surface area contributed by atoms with Crippen molar-refractivity contribution in [2.24, 2.45) is 0 Å². The number of nitrogens with one attached hydrogen (secondary N) is 2. The fraction of sp³-hybridized carbons (Fsp3) is 1.00. The molecule has 0 aromatic heterocycles. The second-order valence-corrected chi connectivity index (χ2v) is 4.07. The van der Waals surface area contributed by atoms with Crippen LogP contribution in [0.1, 0.15) is 39.0 Å². The van der Waals surface area contributed by atoms with Crippen molar-refractivity contribution in [1.82, 2.24) is 10.6 Å². The maximum absolute atomic E-state index is 3.66. The Morgan fingerprint density at radius 1 is 1.18 bits per heavy atom. The lowest BCUT2D eigenvalue weighted by Crippen LogP contribution is -2.51. The smallest absolute Gasteiger partial charge is 0.0690 e. The fourth-order valence-corrected chi connectivity index (χ4v) is 2.40. The molecule has 2 heteroatoms. The monoisotopic (exact) mass is 154 g/mol. The van der Waals surface area contributed by atoms with Gasteiger partial charge >= 0.3 is 0 Å². The highest BCUT2D eigenvalue weighted by Gasteiger charge is 2.36. The molecule has 2 N–H and O–H groups in total. The van der Waals surface area contributed by atoms with E-state index >= 15 is 0 Å². The van der Waals surface area contributed by atoms with Crippen molar-refractivity contribution in [2.45, 2.75) is 50.7 Å². The Hall–Kier alpha value is -0.0800. The van der Waals surface area contributed by atoms with Crippen molar-refractivity contribution >= 4 is 0 Å². The van der Waals surface area contributed by atoms with E-state index in [2.05, 4.69) is 17.6 Å². The zero-order valence-electron chi connectivity index (χ0n) is 7.32. The lowest BCUT2D eigenvalue weighted by Gasteiger charge is -2.34. The Bertz CT molecular complexity index is 133. The van der Waals surface area contributed by atoms with Gasteiger partial charge in [-0.25, -0.2) is 0 Å². The van der Waals surface area contributed by atoms with Crippen LogP contribution in [0.5, 0.6) is 0 Å². The minimum atomic E-state index is 0.345. The van der Waals surface area contributed by atoms with Gasteiger partial charge in [0.1, 0.15) is 0 Å². The van der Waals surface area contributed by atoms with E-state index in [0.29, 0.717) is 11.7 Å². The van der Waals surface area contributed by atoms with Crippen LogP contribution in [0.4, 0.5) is 0 Å². The standard InChI is InChI=1S/C9H18N2/c1-8-7-10-9(11-8)5-3-2-4-6-9/h8,10-11H,2-7H2,1H3. The van der Waals surface area contributed by atoms with Crippen molar-refractivity contribution in [1.29, 1.82) is 0 Å². The van der Waals surface area contributed by atoms with E-state index in [9.17, 15) is 0 Å². The second kappa shape index (κ2) is 2.76. The maximum Gasteiger partial charge on any atom is 0.0690 e. The van der Waals surface area contributed by atoms with Gasteiger partial charge in [-0.1, -0.05) is 19.3 Å². The summed E-state index contributed by atoms with van der Waals surface area (Å²) in [6.45, 7) is 3.41. The maximum atomic E-state index is 3.66. The van der Waals surface area contributed by atoms with Crippen LogP contribution >= 0.6 is 0 Å². The Morgan fingerprint density at radius 2 is 1.91 bits per heavy atom. The molecule has 0 amide bonds. The minimum Gasteiger partial charge on any atom is -0.298 e. The molecule has 1 heterocycles. The van der Waals surface area contributed by atoms with Gasteiger partial charge in [0.25, 0.3) is 0 Å². The molecule has 1 unspecified atom stereocenters. The van der Waals surface area contributed by atoms with Gasteiger partial charge in [0, 0.05) is 12.6 Å². The second-order valence-electron chi connectivity index (χ2n) is 4.07. The summed E-state index contributed by atoms with van der Waals surface area (Å²) >= 11 is 0. The molecular formula is C9H18N2. The van der Waals surface area contributed by atoms with Gasteiger partial charge in [-0.15, -0.1) is 0 Å². The summed E-state index contributed by atoms with van der Waals surface area (Å²) in [5, 5.41) is 7.27. The Labute approximate surface area is 68.7 Å². The molecule has 0 bridgehead atoms. The van der Waals surface area contributed by atoms with Crippen LogP contribution in [0, 0.1) is 0 Å². The molecule has 0 radical (unpaired) electrons. The summed E-state index contributed by atoms with van der Waals surface area (Å²) in [5.41, 5.74) is 0.345. The molecule has 1 saturated heterocycles. The van der Waals surface area contributed by atoms with Gasteiger partial charge in [0.2, 0.25) is 0 Å². The topological polar surface area (TPSA) is 24.1 Å². The molecule has 1 atom stereocenters. The van der Waals surface area contributed by atoms with Crippen LogP contribution in [0.25, 0.3) is 0 Å². The molecule has 0 aromatic carbocycles. The average molecular weight is 154 g/mol. The summed E-state index contributed by atoms with van der Waals surface area (Å²) < 4.78 is 0. The third-order valence-electron chi connectivity index (χ3n) is 2.98. The van der Waals surface area contributed by atoms with Crippen LogP contribution in [0.3, 0.4) is 0 Å². The Morgan fingerprint density at radius 3 is 2.45 bits per heavy atom. The van der Waals surface area contributed by atoms with Crippen LogP contribution in [-0.2, 0) is 0 Å². The third-order valence-corrected chi connectivity index (χ3v) is 2.98. The zero-order chi connectivity index (χ0) is 7.73. The van der Waals surface area contributed by atoms with Gasteiger partial charge < -0.3 is 0 Å². The molecule has 1 spiro atoms.